The lowest BCUT2D eigenvalue weighted by Crippen LogP contribution is -2.15. The largest absolute Gasteiger partial charge is 0.494 e. The van der Waals surface area contributed by atoms with Crippen LogP contribution < -0.4 is 4.74 Å². The summed E-state index contributed by atoms with van der Waals surface area (Å²) in [6.45, 7) is 0. The second-order valence-corrected chi connectivity index (χ2v) is 3.73. The molecule has 0 heterocycles. The first kappa shape index (κ1) is 14.1. The summed E-state index contributed by atoms with van der Waals surface area (Å²) in [6.07, 6.45) is -4.67. The van der Waals surface area contributed by atoms with E-state index in [1.807, 2.05) is 0 Å². The van der Waals surface area contributed by atoms with Gasteiger partial charge in [0.05, 0.1) is 29.1 Å². The fourth-order valence-corrected chi connectivity index (χ4v) is 1.70. The van der Waals surface area contributed by atoms with E-state index in [-0.39, 0.29) is 10.8 Å². The quantitative estimate of drug-likeness (QED) is 0.624. The number of benzene rings is 1. The Balaban J connectivity index is 3.57. The van der Waals surface area contributed by atoms with Crippen LogP contribution in [0.1, 0.15) is 15.9 Å². The molecule has 0 bridgehead atoms. The highest BCUT2D eigenvalue weighted by molar-refractivity contribution is 6.34. The van der Waals surface area contributed by atoms with Gasteiger partial charge in [-0.15, -0.1) is 11.6 Å². The van der Waals surface area contributed by atoms with Crippen molar-refractivity contribution in [2.45, 2.75) is 6.18 Å². The number of methoxy groups -OCH3 is 1. The van der Waals surface area contributed by atoms with E-state index in [0.29, 0.717) is 0 Å². The van der Waals surface area contributed by atoms with Gasteiger partial charge in [0.1, 0.15) is 5.75 Å². The molecule has 0 aromatic heterocycles. The van der Waals surface area contributed by atoms with Gasteiger partial charge in [0.15, 0.2) is 5.78 Å². The van der Waals surface area contributed by atoms with Crippen molar-refractivity contribution in [2.24, 2.45) is 0 Å². The average molecular weight is 287 g/mol. The van der Waals surface area contributed by atoms with Gasteiger partial charge in [-0.2, -0.15) is 13.2 Å². The summed E-state index contributed by atoms with van der Waals surface area (Å²) in [5, 5.41) is -0.0750. The highest BCUT2D eigenvalue weighted by Crippen LogP contribution is 2.39. The van der Waals surface area contributed by atoms with Gasteiger partial charge in [0, 0.05) is 0 Å². The maximum atomic E-state index is 12.7. The number of carbonyl (C=O) groups is 1. The molecule has 0 spiro atoms. The maximum absolute atomic E-state index is 12.7. The molecule has 0 atom stereocenters. The molecule has 7 heteroatoms. The van der Waals surface area contributed by atoms with Crippen LogP contribution in [0.25, 0.3) is 0 Å². The molecular formula is C10H7Cl2F3O2. The monoisotopic (exact) mass is 286 g/mol. The molecule has 0 saturated carbocycles. The van der Waals surface area contributed by atoms with Gasteiger partial charge < -0.3 is 4.74 Å². The molecule has 1 aromatic carbocycles. The predicted molar refractivity (Wildman–Crippen MR) is 58.1 cm³/mol. The molecule has 0 aliphatic carbocycles. The number of Topliss-reactive ketones (excluding diaryl/α,β-unsaturated/α-hetero) is 1. The standard InChI is InChI=1S/C10H7Cl2F3O2/c1-17-9-6(12)3-2-5(10(13,14)15)8(9)7(16)4-11/h2-3H,4H2,1H3. The van der Waals surface area contributed by atoms with Crippen LogP contribution in [0, 0.1) is 0 Å². The first-order valence-corrected chi connectivity index (χ1v) is 5.27. The highest BCUT2D eigenvalue weighted by Gasteiger charge is 2.37. The van der Waals surface area contributed by atoms with Crippen LogP contribution in [0.5, 0.6) is 5.75 Å². The van der Waals surface area contributed by atoms with Crippen molar-refractivity contribution in [3.8, 4) is 5.75 Å². The number of ether oxygens (including phenoxy) is 1. The Labute approximate surface area is 105 Å². The number of hydrogen-bond acceptors (Lipinski definition) is 2. The van der Waals surface area contributed by atoms with Crippen molar-refractivity contribution in [3.05, 3.63) is 28.3 Å². The molecule has 17 heavy (non-hydrogen) atoms. The molecule has 1 rings (SSSR count). The molecule has 2 nitrogen and oxygen atoms in total. The molecule has 0 amide bonds. The Kier molecular flexibility index (Phi) is 4.27. The molecule has 1 aromatic rings. The summed E-state index contributed by atoms with van der Waals surface area (Å²) in [5.74, 6) is -1.79. The molecule has 0 radical (unpaired) electrons. The molecule has 0 fully saturated rings. The molecule has 0 aliphatic heterocycles. The van der Waals surface area contributed by atoms with Gasteiger partial charge in [-0.3, -0.25) is 4.79 Å². The number of halogens is 5. The van der Waals surface area contributed by atoms with E-state index in [1.54, 1.807) is 0 Å². The first-order valence-electron chi connectivity index (χ1n) is 4.35. The third-order valence-corrected chi connectivity index (χ3v) is 2.56. The van der Waals surface area contributed by atoms with E-state index in [2.05, 4.69) is 0 Å². The normalized spacial score (nSPS) is 11.4. The smallest absolute Gasteiger partial charge is 0.417 e. The van der Waals surface area contributed by atoms with Gasteiger partial charge in [0.25, 0.3) is 0 Å². The molecule has 0 unspecified atom stereocenters. The number of alkyl halides is 4. The minimum absolute atomic E-state index is 0.0750. The highest BCUT2D eigenvalue weighted by atomic mass is 35.5. The summed E-state index contributed by atoms with van der Waals surface area (Å²) in [7, 11) is 1.13. The topological polar surface area (TPSA) is 26.3 Å². The van der Waals surface area contributed by atoms with Crippen LogP contribution in [0.2, 0.25) is 5.02 Å². The average Bonchev–Trinajstić information content (AvgIpc) is 2.25. The zero-order chi connectivity index (χ0) is 13.2. The van der Waals surface area contributed by atoms with E-state index in [1.165, 1.54) is 0 Å². The van der Waals surface area contributed by atoms with E-state index in [0.717, 1.165) is 19.2 Å². The Hall–Kier alpha value is -0.940. The fraction of sp³-hybridized carbons (Fsp3) is 0.300. The first-order chi connectivity index (χ1) is 7.82. The van der Waals surface area contributed by atoms with Crippen molar-refractivity contribution in [1.82, 2.24) is 0 Å². The number of ketones is 1. The molecule has 0 aliphatic rings. The summed E-state index contributed by atoms with van der Waals surface area (Å²) in [6, 6.07) is 1.75. The zero-order valence-electron chi connectivity index (χ0n) is 8.57. The Morgan fingerprint density at radius 2 is 2.00 bits per heavy atom. The van der Waals surface area contributed by atoms with Gasteiger partial charge in [-0.25, -0.2) is 0 Å². The molecular weight excluding hydrogens is 280 g/mol. The van der Waals surface area contributed by atoms with Gasteiger partial charge in [-0.05, 0) is 12.1 Å². The summed E-state index contributed by atoms with van der Waals surface area (Å²) in [4.78, 5) is 11.4. The van der Waals surface area contributed by atoms with Crippen molar-refractivity contribution in [1.29, 1.82) is 0 Å². The van der Waals surface area contributed by atoms with E-state index >= 15 is 0 Å². The number of rotatable bonds is 3. The summed E-state index contributed by atoms with van der Waals surface area (Å²) < 4.78 is 42.8. The SMILES string of the molecule is COc1c(Cl)ccc(C(F)(F)F)c1C(=O)CCl. The van der Waals surface area contributed by atoms with E-state index < -0.39 is 29.0 Å². The molecule has 0 saturated heterocycles. The van der Waals surface area contributed by atoms with Crippen molar-refractivity contribution in [2.75, 3.05) is 13.0 Å². The van der Waals surface area contributed by atoms with Gasteiger partial charge >= 0.3 is 6.18 Å². The predicted octanol–water partition coefficient (Wildman–Crippen LogP) is 3.79. The maximum Gasteiger partial charge on any atom is 0.417 e. The van der Waals surface area contributed by atoms with E-state index in [9.17, 15) is 18.0 Å². The van der Waals surface area contributed by atoms with Crippen LogP contribution in [-0.2, 0) is 6.18 Å². The number of hydrogen-bond donors (Lipinski definition) is 0. The van der Waals surface area contributed by atoms with Crippen molar-refractivity contribution in [3.63, 3.8) is 0 Å². The fourth-order valence-electron chi connectivity index (χ4n) is 1.34. The van der Waals surface area contributed by atoms with Crippen LogP contribution in [0.3, 0.4) is 0 Å². The van der Waals surface area contributed by atoms with Crippen LogP contribution >= 0.6 is 23.2 Å². The van der Waals surface area contributed by atoms with Gasteiger partial charge in [0.2, 0.25) is 0 Å². The van der Waals surface area contributed by atoms with Crippen molar-refractivity contribution >= 4 is 29.0 Å². The van der Waals surface area contributed by atoms with Crippen LogP contribution in [-0.4, -0.2) is 18.8 Å². The number of carbonyl (C=O) groups excluding carboxylic acids is 1. The summed E-state index contributed by atoms with van der Waals surface area (Å²) in [5.41, 5.74) is -1.74. The second-order valence-electron chi connectivity index (χ2n) is 3.06. The Morgan fingerprint density at radius 3 is 2.41 bits per heavy atom. The zero-order valence-corrected chi connectivity index (χ0v) is 10.1. The third kappa shape index (κ3) is 2.84. The molecule has 0 N–H and O–H groups in total. The van der Waals surface area contributed by atoms with Crippen LogP contribution in [0.4, 0.5) is 13.2 Å². The third-order valence-electron chi connectivity index (χ3n) is 2.02. The van der Waals surface area contributed by atoms with Gasteiger partial charge in [-0.1, -0.05) is 11.6 Å². The molecule has 94 valence electrons. The second kappa shape index (κ2) is 5.14. The minimum Gasteiger partial charge on any atom is -0.494 e. The Bertz CT molecular complexity index is 444. The summed E-state index contributed by atoms with van der Waals surface area (Å²) >= 11 is 10.9. The lowest BCUT2D eigenvalue weighted by atomic mass is 10.0. The lowest BCUT2D eigenvalue weighted by molar-refractivity contribution is -0.138. The minimum atomic E-state index is -4.67. The lowest BCUT2D eigenvalue weighted by Gasteiger charge is -2.15. The van der Waals surface area contributed by atoms with Crippen molar-refractivity contribution < 1.29 is 22.7 Å². The van der Waals surface area contributed by atoms with E-state index in [4.69, 9.17) is 27.9 Å². The van der Waals surface area contributed by atoms with Crippen LogP contribution in [0.15, 0.2) is 12.1 Å². The Morgan fingerprint density at radius 1 is 1.41 bits per heavy atom.